The van der Waals surface area contributed by atoms with Gasteiger partial charge >= 0.3 is 0 Å². The van der Waals surface area contributed by atoms with E-state index in [4.69, 9.17) is 12.2 Å². The highest BCUT2D eigenvalue weighted by Crippen LogP contribution is 2.23. The lowest BCUT2D eigenvalue weighted by molar-refractivity contribution is 0.768. The molecule has 0 unspecified atom stereocenters. The highest BCUT2D eigenvalue weighted by Gasteiger charge is 2.15. The third-order valence-electron chi connectivity index (χ3n) is 2.91. The Morgan fingerprint density at radius 1 is 1.44 bits per heavy atom. The standard InChI is InChI=1S/C11H12N4S/c1-15-6-5-9(14-15)10-12-8-4-2-3-7(8)11(16)13-10/h5-6H,2-4H2,1H3,(H,12,13,16). The van der Waals surface area contributed by atoms with Crippen LogP contribution in [-0.4, -0.2) is 19.7 Å². The van der Waals surface area contributed by atoms with Gasteiger partial charge in [-0.25, -0.2) is 4.98 Å². The minimum absolute atomic E-state index is 0.729. The van der Waals surface area contributed by atoms with Crippen LogP contribution < -0.4 is 0 Å². The molecular formula is C11H12N4S. The van der Waals surface area contributed by atoms with E-state index in [9.17, 15) is 0 Å². The molecule has 2 heterocycles. The number of fused-ring (bicyclic) bond motifs is 1. The van der Waals surface area contributed by atoms with Crippen LogP contribution in [0.25, 0.3) is 11.5 Å². The number of nitrogens with zero attached hydrogens (tertiary/aromatic N) is 3. The molecule has 0 spiro atoms. The number of H-pyrrole nitrogens is 1. The van der Waals surface area contributed by atoms with Crippen LogP contribution >= 0.6 is 12.2 Å². The van der Waals surface area contributed by atoms with Crippen LogP contribution in [-0.2, 0) is 19.9 Å². The molecule has 0 atom stereocenters. The van der Waals surface area contributed by atoms with Crippen molar-refractivity contribution in [3.8, 4) is 11.5 Å². The first-order valence-electron chi connectivity index (χ1n) is 5.36. The summed E-state index contributed by atoms with van der Waals surface area (Å²) in [6.07, 6.45) is 5.20. The predicted octanol–water partition coefficient (Wildman–Crippen LogP) is 2.03. The van der Waals surface area contributed by atoms with Gasteiger partial charge in [-0.3, -0.25) is 4.68 Å². The quantitative estimate of drug-likeness (QED) is 0.765. The maximum Gasteiger partial charge on any atom is 0.159 e. The Balaban J connectivity index is 2.16. The second-order valence-electron chi connectivity index (χ2n) is 4.08. The number of hydrogen-bond donors (Lipinski definition) is 1. The second kappa shape index (κ2) is 3.52. The van der Waals surface area contributed by atoms with Crippen molar-refractivity contribution >= 4 is 12.2 Å². The van der Waals surface area contributed by atoms with Crippen molar-refractivity contribution in [2.45, 2.75) is 19.3 Å². The Morgan fingerprint density at radius 3 is 3.06 bits per heavy atom. The minimum atomic E-state index is 0.729. The summed E-state index contributed by atoms with van der Waals surface area (Å²) in [5.41, 5.74) is 3.30. The van der Waals surface area contributed by atoms with Gasteiger partial charge in [0, 0.05) is 24.5 Å². The van der Waals surface area contributed by atoms with Crippen LogP contribution in [0.4, 0.5) is 0 Å². The lowest BCUT2D eigenvalue weighted by Gasteiger charge is -2.02. The van der Waals surface area contributed by atoms with Gasteiger partial charge in [0.15, 0.2) is 5.82 Å². The van der Waals surface area contributed by atoms with Gasteiger partial charge in [-0.05, 0) is 25.3 Å². The van der Waals surface area contributed by atoms with Gasteiger partial charge in [0.1, 0.15) is 10.3 Å². The highest BCUT2D eigenvalue weighted by molar-refractivity contribution is 7.71. The third kappa shape index (κ3) is 1.48. The van der Waals surface area contributed by atoms with Gasteiger partial charge in [0.25, 0.3) is 0 Å². The van der Waals surface area contributed by atoms with E-state index in [0.717, 1.165) is 29.0 Å². The predicted molar refractivity (Wildman–Crippen MR) is 63.6 cm³/mol. The van der Waals surface area contributed by atoms with Crippen molar-refractivity contribution in [3.63, 3.8) is 0 Å². The van der Waals surface area contributed by atoms with E-state index >= 15 is 0 Å². The van der Waals surface area contributed by atoms with Crippen molar-refractivity contribution in [2.24, 2.45) is 7.05 Å². The molecule has 0 bridgehead atoms. The molecule has 3 rings (SSSR count). The Kier molecular flexibility index (Phi) is 2.14. The van der Waals surface area contributed by atoms with Crippen molar-refractivity contribution in [1.82, 2.24) is 19.7 Å². The third-order valence-corrected chi connectivity index (χ3v) is 3.25. The lowest BCUT2D eigenvalue weighted by atomic mass is 10.2. The van der Waals surface area contributed by atoms with E-state index < -0.39 is 0 Å². The van der Waals surface area contributed by atoms with Crippen LogP contribution in [0.15, 0.2) is 12.3 Å². The molecule has 2 aromatic heterocycles. The number of aryl methyl sites for hydroxylation is 2. The Bertz CT molecular complexity index is 596. The zero-order valence-corrected chi connectivity index (χ0v) is 9.84. The van der Waals surface area contributed by atoms with E-state index in [-0.39, 0.29) is 0 Å². The molecule has 1 aliphatic carbocycles. The molecule has 4 nitrogen and oxygen atoms in total. The minimum Gasteiger partial charge on any atom is -0.342 e. The van der Waals surface area contributed by atoms with Crippen LogP contribution in [0.3, 0.4) is 0 Å². The van der Waals surface area contributed by atoms with Crippen molar-refractivity contribution in [2.75, 3.05) is 0 Å². The average molecular weight is 232 g/mol. The van der Waals surface area contributed by atoms with Crippen molar-refractivity contribution < 1.29 is 0 Å². The molecule has 0 amide bonds. The van der Waals surface area contributed by atoms with Crippen LogP contribution in [0, 0.1) is 4.64 Å². The monoisotopic (exact) mass is 232 g/mol. The second-order valence-corrected chi connectivity index (χ2v) is 4.46. The van der Waals surface area contributed by atoms with Gasteiger partial charge in [-0.2, -0.15) is 5.10 Å². The van der Waals surface area contributed by atoms with Gasteiger partial charge in [0.2, 0.25) is 0 Å². The topological polar surface area (TPSA) is 46.5 Å². The zero-order valence-electron chi connectivity index (χ0n) is 9.03. The Morgan fingerprint density at radius 2 is 2.31 bits per heavy atom. The SMILES string of the molecule is Cn1ccc(-c2nc(=S)c3c([nH]2)CCC3)n1. The van der Waals surface area contributed by atoms with Crippen LogP contribution in [0.1, 0.15) is 17.7 Å². The van der Waals surface area contributed by atoms with Crippen LogP contribution in [0.2, 0.25) is 0 Å². The summed E-state index contributed by atoms with van der Waals surface area (Å²) in [6, 6.07) is 1.94. The number of hydrogen-bond acceptors (Lipinski definition) is 3. The molecule has 0 saturated heterocycles. The molecule has 0 radical (unpaired) electrons. The van der Waals surface area contributed by atoms with Gasteiger partial charge < -0.3 is 4.98 Å². The summed E-state index contributed by atoms with van der Waals surface area (Å²) in [5, 5.41) is 4.32. The fraction of sp³-hybridized carbons (Fsp3) is 0.364. The maximum atomic E-state index is 5.31. The summed E-state index contributed by atoms with van der Waals surface area (Å²) >= 11 is 5.31. The number of aromatic nitrogens is 4. The van der Waals surface area contributed by atoms with E-state index in [2.05, 4.69) is 15.1 Å². The van der Waals surface area contributed by atoms with Crippen LogP contribution in [0.5, 0.6) is 0 Å². The summed E-state index contributed by atoms with van der Waals surface area (Å²) < 4.78 is 2.49. The summed E-state index contributed by atoms with van der Waals surface area (Å²) in [6.45, 7) is 0. The van der Waals surface area contributed by atoms with E-state index in [1.807, 2.05) is 19.3 Å². The smallest absolute Gasteiger partial charge is 0.159 e. The van der Waals surface area contributed by atoms with Crippen molar-refractivity contribution in [3.05, 3.63) is 28.2 Å². The summed E-state index contributed by atoms with van der Waals surface area (Å²) in [7, 11) is 1.89. The van der Waals surface area contributed by atoms with Gasteiger partial charge in [0.05, 0.1) is 0 Å². The maximum absolute atomic E-state index is 5.31. The fourth-order valence-corrected chi connectivity index (χ4v) is 2.44. The van der Waals surface area contributed by atoms with E-state index in [0.29, 0.717) is 0 Å². The van der Waals surface area contributed by atoms with E-state index in [1.54, 1.807) is 4.68 Å². The van der Waals surface area contributed by atoms with Gasteiger partial charge in [-0.15, -0.1) is 0 Å². The molecule has 5 heteroatoms. The molecule has 0 aliphatic heterocycles. The lowest BCUT2D eigenvalue weighted by Crippen LogP contribution is -1.98. The van der Waals surface area contributed by atoms with Crippen molar-refractivity contribution in [1.29, 1.82) is 0 Å². The number of aromatic amines is 1. The number of nitrogens with one attached hydrogen (secondary N) is 1. The molecule has 82 valence electrons. The molecule has 1 aliphatic rings. The first kappa shape index (κ1) is 9.72. The molecule has 2 aromatic rings. The van der Waals surface area contributed by atoms with E-state index in [1.165, 1.54) is 17.7 Å². The average Bonchev–Trinajstić information content (AvgIpc) is 2.85. The van der Waals surface area contributed by atoms with Gasteiger partial charge in [-0.1, -0.05) is 12.2 Å². The molecule has 0 fully saturated rings. The number of rotatable bonds is 1. The first-order chi connectivity index (χ1) is 7.74. The summed E-state index contributed by atoms with van der Waals surface area (Å²) in [5.74, 6) is 0.784. The molecule has 1 N–H and O–H groups in total. The fourth-order valence-electron chi connectivity index (χ4n) is 2.12. The molecule has 0 aromatic carbocycles. The highest BCUT2D eigenvalue weighted by atomic mass is 32.1. The molecular weight excluding hydrogens is 220 g/mol. The Hall–Kier alpha value is -1.49. The Labute approximate surface area is 98.3 Å². The molecule has 16 heavy (non-hydrogen) atoms. The zero-order chi connectivity index (χ0) is 11.1. The normalized spacial score (nSPS) is 14.1. The summed E-state index contributed by atoms with van der Waals surface area (Å²) in [4.78, 5) is 7.75. The molecule has 0 saturated carbocycles. The first-order valence-corrected chi connectivity index (χ1v) is 5.77. The largest absolute Gasteiger partial charge is 0.342 e.